The molecule has 7 N–H and O–H groups in total. The third-order valence-electron chi connectivity index (χ3n) is 0.923. The van der Waals surface area contributed by atoms with Crippen LogP contribution in [-0.2, 0) is 4.57 Å². The van der Waals surface area contributed by atoms with Gasteiger partial charge in [0, 0.05) is 0 Å². The summed E-state index contributed by atoms with van der Waals surface area (Å²) in [5, 5.41) is 0. The van der Waals surface area contributed by atoms with Gasteiger partial charge in [-0.15, -0.1) is 0 Å². The SMILES string of the molecule is CCOc1nc(N)nc(N)n1.O=P(O)(O)O. The van der Waals surface area contributed by atoms with Gasteiger partial charge in [0.1, 0.15) is 0 Å². The number of hydrogen-bond donors (Lipinski definition) is 5. The zero-order chi connectivity index (χ0) is 12.8. The first kappa shape index (κ1) is 14.5. The van der Waals surface area contributed by atoms with Gasteiger partial charge >= 0.3 is 13.8 Å². The summed E-state index contributed by atoms with van der Waals surface area (Å²) in [6.45, 7) is 2.29. The van der Waals surface area contributed by atoms with Crippen LogP contribution >= 0.6 is 7.82 Å². The van der Waals surface area contributed by atoms with Gasteiger partial charge in [-0.05, 0) is 6.92 Å². The minimum absolute atomic E-state index is 0.0703. The number of anilines is 2. The van der Waals surface area contributed by atoms with Crippen molar-refractivity contribution in [3.05, 3.63) is 0 Å². The van der Waals surface area contributed by atoms with Crippen molar-refractivity contribution in [3.8, 4) is 6.01 Å². The van der Waals surface area contributed by atoms with Crippen LogP contribution in [-0.4, -0.2) is 36.2 Å². The molecule has 0 unspecified atom stereocenters. The maximum atomic E-state index is 8.88. The van der Waals surface area contributed by atoms with Crippen molar-refractivity contribution < 1.29 is 24.0 Å². The smallest absolute Gasteiger partial charge is 0.464 e. The lowest BCUT2D eigenvalue weighted by Crippen LogP contribution is -2.06. The van der Waals surface area contributed by atoms with Crippen molar-refractivity contribution >= 4 is 19.7 Å². The number of hydrogen-bond acceptors (Lipinski definition) is 7. The van der Waals surface area contributed by atoms with Gasteiger partial charge in [-0.3, -0.25) is 0 Å². The van der Waals surface area contributed by atoms with Gasteiger partial charge in [0.25, 0.3) is 0 Å². The Bertz CT molecular complexity index is 353. The normalized spacial score (nSPS) is 10.2. The van der Waals surface area contributed by atoms with Crippen LogP contribution in [0.4, 0.5) is 11.9 Å². The van der Waals surface area contributed by atoms with Crippen molar-refractivity contribution in [2.45, 2.75) is 6.92 Å². The first-order valence-corrected chi connectivity index (χ1v) is 5.47. The molecule has 1 rings (SSSR count). The molecule has 0 bridgehead atoms. The second-order valence-electron chi connectivity index (χ2n) is 2.28. The van der Waals surface area contributed by atoms with E-state index in [1.807, 2.05) is 6.92 Å². The van der Waals surface area contributed by atoms with Gasteiger partial charge < -0.3 is 30.9 Å². The maximum Gasteiger partial charge on any atom is 0.466 e. The van der Waals surface area contributed by atoms with Gasteiger partial charge in [0.05, 0.1) is 6.61 Å². The number of aromatic nitrogens is 3. The second kappa shape index (κ2) is 6.18. The standard InChI is InChI=1S/C5H9N5O.H3O4P/c1-2-11-5-9-3(6)8-4(7)10-5;1-5(2,3)4/h2H2,1H3,(H4,6,7,8,9,10);(H3,1,2,3,4). The molecule has 0 aliphatic carbocycles. The maximum absolute atomic E-state index is 8.88. The highest BCUT2D eigenvalue weighted by Gasteiger charge is 2.00. The number of nitrogens with zero attached hydrogens (tertiary/aromatic N) is 3. The number of rotatable bonds is 2. The van der Waals surface area contributed by atoms with E-state index in [1.165, 1.54) is 0 Å². The predicted molar refractivity (Wildman–Crippen MR) is 54.1 cm³/mol. The first-order valence-electron chi connectivity index (χ1n) is 3.90. The summed E-state index contributed by atoms with van der Waals surface area (Å²) in [4.78, 5) is 32.5. The average molecular weight is 253 g/mol. The lowest BCUT2D eigenvalue weighted by Gasteiger charge is -2.00. The Labute approximate surface area is 90.6 Å². The Morgan fingerprint density at radius 2 is 1.56 bits per heavy atom. The topological polar surface area (TPSA) is 178 Å². The molecule has 16 heavy (non-hydrogen) atoms. The van der Waals surface area contributed by atoms with E-state index in [-0.39, 0.29) is 17.9 Å². The molecule has 11 heteroatoms. The van der Waals surface area contributed by atoms with Crippen LogP contribution < -0.4 is 16.2 Å². The summed E-state index contributed by atoms with van der Waals surface area (Å²) < 4.78 is 13.8. The number of phosphoric acid groups is 1. The molecule has 0 aliphatic heterocycles. The van der Waals surface area contributed by atoms with Crippen LogP contribution in [0.3, 0.4) is 0 Å². The number of nitrogens with two attached hydrogens (primary N) is 2. The molecular formula is C5H12N5O5P. The van der Waals surface area contributed by atoms with E-state index in [1.54, 1.807) is 0 Å². The Morgan fingerprint density at radius 3 is 1.88 bits per heavy atom. The molecule has 1 aromatic heterocycles. The van der Waals surface area contributed by atoms with E-state index in [9.17, 15) is 0 Å². The summed E-state index contributed by atoms with van der Waals surface area (Å²) in [5.74, 6) is 0.141. The molecule has 0 saturated carbocycles. The van der Waals surface area contributed by atoms with Crippen molar-refractivity contribution in [2.75, 3.05) is 18.1 Å². The molecular weight excluding hydrogens is 241 g/mol. The third-order valence-corrected chi connectivity index (χ3v) is 0.923. The lowest BCUT2D eigenvalue weighted by molar-refractivity contribution is 0.275. The van der Waals surface area contributed by atoms with E-state index in [4.69, 9.17) is 35.4 Å². The fourth-order valence-corrected chi connectivity index (χ4v) is 0.582. The van der Waals surface area contributed by atoms with E-state index >= 15 is 0 Å². The third kappa shape index (κ3) is 9.09. The molecule has 0 amide bonds. The molecule has 0 atom stereocenters. The van der Waals surface area contributed by atoms with Crippen LogP contribution in [0.15, 0.2) is 0 Å². The van der Waals surface area contributed by atoms with Crippen LogP contribution in [0.25, 0.3) is 0 Å². The Morgan fingerprint density at radius 1 is 1.19 bits per heavy atom. The van der Waals surface area contributed by atoms with Crippen molar-refractivity contribution in [2.24, 2.45) is 0 Å². The molecule has 92 valence electrons. The van der Waals surface area contributed by atoms with Gasteiger partial charge in [0.15, 0.2) is 0 Å². The number of ether oxygens (including phenoxy) is 1. The van der Waals surface area contributed by atoms with Gasteiger partial charge in [-0.1, -0.05) is 0 Å². The van der Waals surface area contributed by atoms with E-state index < -0.39 is 7.82 Å². The second-order valence-corrected chi connectivity index (χ2v) is 3.31. The highest BCUT2D eigenvalue weighted by molar-refractivity contribution is 7.45. The molecule has 0 aliphatic rings. The van der Waals surface area contributed by atoms with E-state index in [0.717, 1.165) is 0 Å². The van der Waals surface area contributed by atoms with Crippen molar-refractivity contribution in [1.82, 2.24) is 15.0 Å². The Kier molecular flexibility index (Phi) is 5.61. The molecule has 0 spiro atoms. The van der Waals surface area contributed by atoms with Crippen LogP contribution in [0.1, 0.15) is 6.92 Å². The molecule has 1 aromatic rings. The fraction of sp³-hybridized carbons (Fsp3) is 0.400. The minimum atomic E-state index is -4.64. The van der Waals surface area contributed by atoms with Crippen LogP contribution in [0.2, 0.25) is 0 Å². The largest absolute Gasteiger partial charge is 0.466 e. The van der Waals surface area contributed by atoms with E-state index in [2.05, 4.69) is 15.0 Å². The Hall–Kier alpha value is -1.48. The molecule has 10 nitrogen and oxygen atoms in total. The molecule has 0 saturated heterocycles. The summed E-state index contributed by atoms with van der Waals surface area (Å²) in [5.41, 5.74) is 10.5. The molecule has 0 radical (unpaired) electrons. The Balaban J connectivity index is 0.000000385. The van der Waals surface area contributed by atoms with Crippen LogP contribution in [0.5, 0.6) is 6.01 Å². The quantitative estimate of drug-likeness (QED) is 0.389. The summed E-state index contributed by atoms with van der Waals surface area (Å²) in [7, 11) is -4.64. The van der Waals surface area contributed by atoms with Crippen LogP contribution in [0, 0.1) is 0 Å². The zero-order valence-electron chi connectivity index (χ0n) is 8.31. The fourth-order valence-electron chi connectivity index (χ4n) is 0.582. The van der Waals surface area contributed by atoms with Crippen molar-refractivity contribution in [1.29, 1.82) is 0 Å². The van der Waals surface area contributed by atoms with Gasteiger partial charge in [-0.25, -0.2) is 4.57 Å². The minimum Gasteiger partial charge on any atom is -0.464 e. The first-order chi connectivity index (χ1) is 7.22. The lowest BCUT2D eigenvalue weighted by atomic mass is 10.8. The zero-order valence-corrected chi connectivity index (χ0v) is 9.20. The monoisotopic (exact) mass is 253 g/mol. The van der Waals surface area contributed by atoms with Gasteiger partial charge in [-0.2, -0.15) is 15.0 Å². The summed E-state index contributed by atoms with van der Waals surface area (Å²) in [6.07, 6.45) is 0. The summed E-state index contributed by atoms with van der Waals surface area (Å²) >= 11 is 0. The predicted octanol–water partition coefficient (Wildman–Crippen LogP) is -1.49. The average Bonchev–Trinajstić information content (AvgIpc) is 1.98. The summed E-state index contributed by atoms with van der Waals surface area (Å²) in [6, 6.07) is 0.164. The molecule has 0 fully saturated rings. The highest BCUT2D eigenvalue weighted by atomic mass is 31.2. The number of nitrogen functional groups attached to an aromatic ring is 2. The van der Waals surface area contributed by atoms with Crippen molar-refractivity contribution in [3.63, 3.8) is 0 Å². The highest BCUT2D eigenvalue weighted by Crippen LogP contribution is 2.25. The molecule has 1 heterocycles. The van der Waals surface area contributed by atoms with Gasteiger partial charge in [0.2, 0.25) is 11.9 Å². The molecule has 0 aromatic carbocycles. The van der Waals surface area contributed by atoms with E-state index in [0.29, 0.717) is 6.61 Å².